The highest BCUT2D eigenvalue weighted by molar-refractivity contribution is 14.1. The summed E-state index contributed by atoms with van der Waals surface area (Å²) in [4.78, 5) is 37.0. The topological polar surface area (TPSA) is 348 Å². The zero-order valence-corrected chi connectivity index (χ0v) is 33.4. The second-order valence-corrected chi connectivity index (χ2v) is 14.7. The molecule has 1 aromatic rings. The lowest BCUT2D eigenvalue weighted by atomic mass is 9.96. The summed E-state index contributed by atoms with van der Waals surface area (Å²) in [5.41, 5.74) is 6.76. The summed E-state index contributed by atoms with van der Waals surface area (Å²) in [6.45, 7) is -1.93. The number of aliphatic hydroxyl groups excluding tert-OH is 9. The molecule has 3 aliphatic heterocycles. The van der Waals surface area contributed by atoms with E-state index in [1.165, 1.54) is 0 Å². The minimum atomic E-state index is -1.90. The minimum absolute atomic E-state index is 0.0119. The molecule has 0 radical (unpaired) electrons. The number of rotatable bonds is 20. The number of imide groups is 1. The summed E-state index contributed by atoms with van der Waals surface area (Å²) >= 11 is 1.55. The lowest BCUT2D eigenvalue weighted by molar-refractivity contribution is -0.365. The first-order chi connectivity index (χ1) is 27.7. The first-order valence-electron chi connectivity index (χ1n) is 18.7. The van der Waals surface area contributed by atoms with Crippen LogP contribution in [-0.2, 0) is 52.3 Å². The Morgan fingerprint density at radius 3 is 1.91 bits per heavy atom. The highest BCUT2D eigenvalue weighted by Gasteiger charge is 2.52. The molecule has 3 saturated heterocycles. The van der Waals surface area contributed by atoms with Crippen LogP contribution in [0.15, 0.2) is 30.3 Å². The van der Waals surface area contributed by atoms with Crippen molar-refractivity contribution in [3.05, 3.63) is 35.9 Å². The van der Waals surface area contributed by atoms with Crippen molar-refractivity contribution in [2.24, 2.45) is 5.73 Å². The molecule has 23 heteroatoms. The molecular weight excluding hydrogens is 893 g/mol. The van der Waals surface area contributed by atoms with Gasteiger partial charge in [0.2, 0.25) is 17.7 Å². The van der Waals surface area contributed by atoms with Crippen molar-refractivity contribution in [1.82, 2.24) is 10.6 Å². The van der Waals surface area contributed by atoms with Crippen molar-refractivity contribution in [3.8, 4) is 0 Å². The molecule has 0 unspecified atom stereocenters. The monoisotopic (exact) mass is 947 g/mol. The Balaban J connectivity index is 1.27. The number of hydrogen-bond donors (Lipinski definition) is 12. The number of hydrogen-bond acceptors (Lipinski definition) is 20. The van der Waals surface area contributed by atoms with Gasteiger partial charge in [-0.3, -0.25) is 19.7 Å². The maximum absolute atomic E-state index is 12.5. The van der Waals surface area contributed by atoms with Crippen molar-refractivity contribution in [3.63, 3.8) is 0 Å². The average Bonchev–Trinajstić information content (AvgIpc) is 3.20. The van der Waals surface area contributed by atoms with Gasteiger partial charge in [0.05, 0.1) is 32.5 Å². The second-order valence-electron chi connectivity index (χ2n) is 14.1. The number of aliphatic hydroxyl groups is 9. The van der Waals surface area contributed by atoms with E-state index in [1.54, 1.807) is 23.0 Å². The zero-order valence-electron chi connectivity index (χ0n) is 31.3. The largest absolute Gasteiger partial charge is 0.394 e. The van der Waals surface area contributed by atoms with Crippen LogP contribution in [0.3, 0.4) is 0 Å². The number of nitrogens with one attached hydrogen (secondary N) is 2. The van der Waals surface area contributed by atoms with Gasteiger partial charge in [0.1, 0.15) is 96.3 Å². The molecule has 22 nitrogen and oxygen atoms in total. The minimum Gasteiger partial charge on any atom is -0.394 e. The maximum atomic E-state index is 12.5. The quantitative estimate of drug-likeness (QED) is 0.0429. The summed E-state index contributed by atoms with van der Waals surface area (Å²) in [5, 5.41) is 98.8. The zero-order chi connectivity index (χ0) is 42.5. The fourth-order valence-corrected chi connectivity index (χ4v) is 6.75. The fourth-order valence-electron chi connectivity index (χ4n) is 6.40. The highest BCUT2D eigenvalue weighted by Crippen LogP contribution is 2.31. The summed E-state index contributed by atoms with van der Waals surface area (Å²) in [6.07, 6.45) is -23.8. The smallest absolute Gasteiger partial charge is 0.243 e. The Morgan fingerprint density at radius 2 is 1.28 bits per heavy atom. The third-order valence-electron chi connectivity index (χ3n) is 9.76. The third-order valence-corrected chi connectivity index (χ3v) is 10.1. The van der Waals surface area contributed by atoms with Gasteiger partial charge in [-0.25, -0.2) is 0 Å². The van der Waals surface area contributed by atoms with Gasteiger partial charge in [-0.15, -0.1) is 0 Å². The van der Waals surface area contributed by atoms with Gasteiger partial charge >= 0.3 is 0 Å². The second kappa shape index (κ2) is 23.8. The van der Waals surface area contributed by atoms with E-state index in [1.807, 2.05) is 30.3 Å². The lowest BCUT2D eigenvalue weighted by Crippen LogP contribution is -2.65. The molecule has 330 valence electrons. The van der Waals surface area contributed by atoms with Crippen molar-refractivity contribution in [2.75, 3.05) is 33.0 Å². The number of unbranched alkanes of at least 4 members (excludes halogenated alkanes) is 1. The summed E-state index contributed by atoms with van der Waals surface area (Å²) in [6, 6.07) is 8.20. The molecule has 0 aromatic heterocycles. The van der Waals surface area contributed by atoms with Gasteiger partial charge in [-0.2, -0.15) is 0 Å². The summed E-state index contributed by atoms with van der Waals surface area (Å²) in [5.74, 6) is -1.53. The standard InChI is InChI=1S/C35H54IN3O19/c36-54-15-20-24(44)27(47)28(48)33(57-20)53-14-19-25(45)31(58-35-29(49)26(46)23(43)18(13-40)55-35)30(50)34(56-19)52-11-10-38-21(41)8-4-5-9-22(42)39-32(51)17(37)12-16-6-2-1-3-7-16/h1-3,6-7,17-20,23-31,33-35,40,43-50H,4-5,8-15,37H2,(H,38,41)(H,39,42,51)/t17-,18+,19+,20+,23+,24+,25+,26-,27-,28-,29-,30-,31-,33-,34-,35+/m0/s1. The fraction of sp³-hybridized carbons (Fsp3) is 0.743. The number of amides is 3. The molecule has 0 saturated carbocycles. The molecule has 3 fully saturated rings. The van der Waals surface area contributed by atoms with E-state index in [0.717, 1.165) is 5.56 Å². The van der Waals surface area contributed by atoms with Crippen LogP contribution in [0.4, 0.5) is 0 Å². The van der Waals surface area contributed by atoms with E-state index < -0.39 is 129 Å². The molecule has 3 aliphatic rings. The Bertz CT molecular complexity index is 1420. The van der Waals surface area contributed by atoms with E-state index in [0.29, 0.717) is 12.8 Å². The molecule has 4 rings (SSSR count). The van der Waals surface area contributed by atoms with Crippen molar-refractivity contribution in [2.45, 2.75) is 130 Å². The predicted octanol–water partition coefficient (Wildman–Crippen LogP) is -5.28. The predicted molar refractivity (Wildman–Crippen MR) is 201 cm³/mol. The van der Waals surface area contributed by atoms with Crippen LogP contribution in [0, 0.1) is 0 Å². The normalized spacial score (nSPS) is 35.9. The number of carbonyl (C=O) groups is 3. The highest BCUT2D eigenvalue weighted by atomic mass is 127. The molecule has 0 aliphatic carbocycles. The van der Waals surface area contributed by atoms with Crippen LogP contribution in [-0.4, -0.2) is 195 Å². The number of nitrogens with two attached hydrogens (primary N) is 1. The first kappa shape index (κ1) is 48.5. The molecule has 3 heterocycles. The molecule has 0 spiro atoms. The van der Waals surface area contributed by atoms with E-state index in [2.05, 4.69) is 10.6 Å². The number of halogens is 1. The molecule has 13 N–H and O–H groups in total. The van der Waals surface area contributed by atoms with Crippen LogP contribution >= 0.6 is 23.0 Å². The Labute approximate surface area is 347 Å². The molecular formula is C35H54IN3O19. The van der Waals surface area contributed by atoms with Crippen LogP contribution in [0.2, 0.25) is 0 Å². The number of ether oxygens (including phenoxy) is 6. The lowest BCUT2D eigenvalue weighted by Gasteiger charge is -2.46. The average molecular weight is 948 g/mol. The summed E-state index contributed by atoms with van der Waals surface area (Å²) in [7, 11) is 0. The Morgan fingerprint density at radius 1 is 0.707 bits per heavy atom. The van der Waals surface area contributed by atoms with Crippen LogP contribution in [0.1, 0.15) is 31.2 Å². The Hall–Kier alpha value is -2.12. The van der Waals surface area contributed by atoms with E-state index in [9.17, 15) is 60.3 Å². The van der Waals surface area contributed by atoms with Gasteiger partial charge < -0.3 is 88.5 Å². The maximum Gasteiger partial charge on any atom is 0.243 e. The molecule has 16 atom stereocenters. The number of benzene rings is 1. The van der Waals surface area contributed by atoms with Crippen molar-refractivity contribution in [1.29, 1.82) is 0 Å². The molecule has 3 amide bonds. The van der Waals surface area contributed by atoms with Crippen molar-refractivity contribution >= 4 is 40.7 Å². The molecule has 58 heavy (non-hydrogen) atoms. The van der Waals surface area contributed by atoms with Crippen molar-refractivity contribution < 1.29 is 91.8 Å². The van der Waals surface area contributed by atoms with Crippen LogP contribution < -0.4 is 16.4 Å². The van der Waals surface area contributed by atoms with Crippen LogP contribution in [0.5, 0.6) is 0 Å². The van der Waals surface area contributed by atoms with Gasteiger partial charge in [-0.1, -0.05) is 30.3 Å². The van der Waals surface area contributed by atoms with Gasteiger partial charge in [0.15, 0.2) is 18.9 Å². The van der Waals surface area contributed by atoms with Gasteiger partial charge in [0.25, 0.3) is 0 Å². The Kier molecular flexibility index (Phi) is 19.9. The molecule has 0 bridgehead atoms. The van der Waals surface area contributed by atoms with Crippen LogP contribution in [0.25, 0.3) is 0 Å². The van der Waals surface area contributed by atoms with Gasteiger partial charge in [-0.05, 0) is 24.8 Å². The number of carbonyl (C=O) groups excluding carboxylic acids is 3. The molecule has 1 aromatic carbocycles. The van der Waals surface area contributed by atoms with E-state index >= 15 is 0 Å². The SMILES string of the molecule is N[C@@H](Cc1ccccc1)C(=O)NC(=O)CCCCC(=O)NCCO[C@H]1O[C@H](CO[C@H]2O[C@H](COI)[C@@H](O)[C@H](O)[C@@H]2O)[C@@H](O)[C@H](O[C@H]2O[C@H](CO)[C@@H](O)[C@H](O)[C@@H]2O)[C@@H]1O. The third kappa shape index (κ3) is 13.4. The van der Waals surface area contributed by atoms with E-state index in [4.69, 9.17) is 37.2 Å². The van der Waals surface area contributed by atoms with E-state index in [-0.39, 0.29) is 39.0 Å². The first-order valence-corrected chi connectivity index (χ1v) is 19.6. The van der Waals surface area contributed by atoms with Gasteiger partial charge in [0, 0.05) is 19.4 Å². The summed E-state index contributed by atoms with van der Waals surface area (Å²) < 4.78 is 38.6.